The van der Waals surface area contributed by atoms with Gasteiger partial charge in [-0.1, -0.05) is 23.7 Å². The summed E-state index contributed by atoms with van der Waals surface area (Å²) in [7, 11) is 1.88. The summed E-state index contributed by atoms with van der Waals surface area (Å²) in [5.41, 5.74) is 0.676. The second-order valence-corrected chi connectivity index (χ2v) is 5.32. The molecule has 0 unspecified atom stereocenters. The molecule has 108 valence electrons. The van der Waals surface area contributed by atoms with Crippen molar-refractivity contribution in [3.63, 3.8) is 0 Å². The highest BCUT2D eigenvalue weighted by molar-refractivity contribution is 6.30. The minimum Gasteiger partial charge on any atom is -0.347 e. The van der Waals surface area contributed by atoms with E-state index in [4.69, 9.17) is 11.6 Å². The van der Waals surface area contributed by atoms with E-state index in [1.807, 2.05) is 45.2 Å². The van der Waals surface area contributed by atoms with Crippen LogP contribution < -0.4 is 10.6 Å². The topological polar surface area (TPSA) is 41.1 Å². The molecule has 0 spiro atoms. The summed E-state index contributed by atoms with van der Waals surface area (Å²) in [4.78, 5) is 11.8. The Morgan fingerprint density at radius 1 is 1.26 bits per heavy atom. The van der Waals surface area contributed by atoms with Crippen molar-refractivity contribution in [3.8, 4) is 0 Å². The van der Waals surface area contributed by atoms with Crippen LogP contribution in [0.4, 0.5) is 0 Å². The molecule has 0 bridgehead atoms. The van der Waals surface area contributed by atoms with E-state index in [1.165, 1.54) is 0 Å². The van der Waals surface area contributed by atoms with E-state index in [1.54, 1.807) is 0 Å². The first-order valence-electron chi connectivity index (χ1n) is 6.17. The Labute approximate surface area is 126 Å². The molecule has 0 aromatic heterocycles. The molecule has 0 aliphatic carbocycles. The summed E-state index contributed by atoms with van der Waals surface area (Å²) in [5, 5.41) is 6.77. The van der Waals surface area contributed by atoms with Crippen LogP contribution in [0.3, 0.4) is 0 Å². The summed E-state index contributed by atoms with van der Waals surface area (Å²) < 4.78 is 0. The molecule has 0 aliphatic heterocycles. The van der Waals surface area contributed by atoms with Gasteiger partial charge >= 0.3 is 0 Å². The van der Waals surface area contributed by atoms with Gasteiger partial charge in [-0.15, -0.1) is 12.4 Å². The van der Waals surface area contributed by atoms with Gasteiger partial charge in [-0.25, -0.2) is 0 Å². The van der Waals surface area contributed by atoms with Gasteiger partial charge in [0.15, 0.2) is 0 Å². The van der Waals surface area contributed by atoms with Crippen molar-refractivity contribution in [2.24, 2.45) is 0 Å². The van der Waals surface area contributed by atoms with E-state index in [-0.39, 0.29) is 23.9 Å². The van der Waals surface area contributed by atoms with Gasteiger partial charge in [0.2, 0.25) is 5.91 Å². The van der Waals surface area contributed by atoms with E-state index >= 15 is 0 Å². The fourth-order valence-electron chi connectivity index (χ4n) is 1.78. The molecular weight excluding hydrogens is 283 g/mol. The molecule has 2 N–H and O–H groups in total. The van der Waals surface area contributed by atoms with Crippen molar-refractivity contribution in [2.75, 3.05) is 13.6 Å². The van der Waals surface area contributed by atoms with Crippen molar-refractivity contribution in [1.82, 2.24) is 10.6 Å². The standard InChI is InChI=1S/C14H21ClN2O.ClH/c1-14(2,11-6-8-12(15)9-7-11)17-13(18)5-4-10-16-3;/h6-9,16H,4-5,10H2,1-3H3,(H,17,18);1H. The van der Waals surface area contributed by atoms with Crippen LogP contribution in [0.25, 0.3) is 0 Å². The predicted molar refractivity (Wildman–Crippen MR) is 83.0 cm³/mol. The van der Waals surface area contributed by atoms with Crippen LogP contribution in [0.15, 0.2) is 24.3 Å². The summed E-state index contributed by atoms with van der Waals surface area (Å²) in [6.45, 7) is 4.84. The number of hydrogen-bond donors (Lipinski definition) is 2. The first kappa shape index (κ1) is 18.2. The number of benzene rings is 1. The Balaban J connectivity index is 0.00000324. The Morgan fingerprint density at radius 3 is 2.37 bits per heavy atom. The van der Waals surface area contributed by atoms with Gasteiger partial charge in [-0.2, -0.15) is 0 Å². The van der Waals surface area contributed by atoms with E-state index in [2.05, 4.69) is 10.6 Å². The first-order chi connectivity index (χ1) is 8.45. The van der Waals surface area contributed by atoms with Crippen LogP contribution in [0.1, 0.15) is 32.3 Å². The van der Waals surface area contributed by atoms with Gasteiger partial charge in [-0.05, 0) is 51.6 Å². The smallest absolute Gasteiger partial charge is 0.220 e. The highest BCUT2D eigenvalue weighted by atomic mass is 35.5. The third kappa shape index (κ3) is 6.28. The Morgan fingerprint density at radius 2 is 1.84 bits per heavy atom. The van der Waals surface area contributed by atoms with Gasteiger partial charge in [-0.3, -0.25) is 4.79 Å². The summed E-state index contributed by atoms with van der Waals surface area (Å²) in [5.74, 6) is 0.0743. The fourth-order valence-corrected chi connectivity index (χ4v) is 1.90. The van der Waals surface area contributed by atoms with E-state index in [0.29, 0.717) is 11.4 Å². The predicted octanol–water partition coefficient (Wildman–Crippen LogP) is 3.11. The molecule has 1 aromatic carbocycles. The number of nitrogens with one attached hydrogen (secondary N) is 2. The van der Waals surface area contributed by atoms with Crippen molar-refractivity contribution >= 4 is 29.9 Å². The molecule has 3 nitrogen and oxygen atoms in total. The lowest BCUT2D eigenvalue weighted by molar-refractivity contribution is -0.122. The van der Waals surface area contributed by atoms with Crippen LogP contribution in [0.2, 0.25) is 5.02 Å². The maximum absolute atomic E-state index is 11.8. The Bertz CT molecular complexity index is 391. The van der Waals surface area contributed by atoms with Gasteiger partial charge < -0.3 is 10.6 Å². The second kappa shape index (κ2) is 8.41. The molecule has 0 aliphatic rings. The molecule has 1 aromatic rings. The average molecular weight is 305 g/mol. The third-order valence-electron chi connectivity index (χ3n) is 2.85. The zero-order chi connectivity index (χ0) is 13.6. The molecule has 19 heavy (non-hydrogen) atoms. The lowest BCUT2D eigenvalue weighted by Gasteiger charge is -2.27. The number of halogens is 2. The van der Waals surface area contributed by atoms with E-state index in [9.17, 15) is 4.79 Å². The number of carbonyl (C=O) groups excluding carboxylic acids is 1. The van der Waals surface area contributed by atoms with Crippen molar-refractivity contribution in [3.05, 3.63) is 34.9 Å². The lowest BCUT2D eigenvalue weighted by Crippen LogP contribution is -2.41. The molecule has 0 fully saturated rings. The zero-order valence-corrected chi connectivity index (χ0v) is 13.2. The molecule has 1 rings (SSSR count). The highest BCUT2D eigenvalue weighted by Gasteiger charge is 2.22. The fraction of sp³-hybridized carbons (Fsp3) is 0.500. The normalized spacial score (nSPS) is 10.7. The molecule has 1 amide bonds. The largest absolute Gasteiger partial charge is 0.347 e. The number of rotatable bonds is 6. The molecule has 0 radical (unpaired) electrons. The maximum Gasteiger partial charge on any atom is 0.220 e. The number of carbonyl (C=O) groups is 1. The monoisotopic (exact) mass is 304 g/mol. The van der Waals surface area contributed by atoms with Crippen molar-refractivity contribution in [1.29, 1.82) is 0 Å². The lowest BCUT2D eigenvalue weighted by atomic mass is 9.94. The summed E-state index contributed by atoms with van der Waals surface area (Å²) >= 11 is 5.86. The van der Waals surface area contributed by atoms with Crippen molar-refractivity contribution < 1.29 is 4.79 Å². The van der Waals surface area contributed by atoms with Crippen LogP contribution in [-0.2, 0) is 10.3 Å². The SMILES string of the molecule is CNCCCC(=O)NC(C)(C)c1ccc(Cl)cc1.Cl. The van der Waals surface area contributed by atoms with E-state index in [0.717, 1.165) is 18.5 Å². The van der Waals surface area contributed by atoms with Gasteiger partial charge in [0, 0.05) is 11.4 Å². The Kier molecular flexibility index (Phi) is 8.07. The van der Waals surface area contributed by atoms with Crippen LogP contribution in [-0.4, -0.2) is 19.5 Å². The minimum absolute atomic E-state index is 0. The maximum atomic E-state index is 11.8. The summed E-state index contributed by atoms with van der Waals surface area (Å²) in [6.07, 6.45) is 1.39. The molecule has 0 atom stereocenters. The minimum atomic E-state index is -0.374. The van der Waals surface area contributed by atoms with Gasteiger partial charge in [0.25, 0.3) is 0 Å². The molecule has 0 saturated carbocycles. The first-order valence-corrected chi connectivity index (χ1v) is 6.55. The quantitative estimate of drug-likeness (QED) is 0.793. The highest BCUT2D eigenvalue weighted by Crippen LogP contribution is 2.22. The van der Waals surface area contributed by atoms with E-state index < -0.39 is 0 Å². The Hall–Kier alpha value is -0.770. The zero-order valence-electron chi connectivity index (χ0n) is 11.6. The van der Waals surface area contributed by atoms with Crippen molar-refractivity contribution in [2.45, 2.75) is 32.2 Å². The van der Waals surface area contributed by atoms with Gasteiger partial charge in [0.05, 0.1) is 5.54 Å². The molecule has 0 saturated heterocycles. The number of amides is 1. The number of hydrogen-bond acceptors (Lipinski definition) is 2. The molecular formula is C14H22Cl2N2O. The third-order valence-corrected chi connectivity index (χ3v) is 3.10. The van der Waals surface area contributed by atoms with Crippen LogP contribution >= 0.6 is 24.0 Å². The average Bonchev–Trinajstić information content (AvgIpc) is 2.29. The van der Waals surface area contributed by atoms with Crippen LogP contribution in [0, 0.1) is 0 Å². The second-order valence-electron chi connectivity index (χ2n) is 4.89. The van der Waals surface area contributed by atoms with Crippen LogP contribution in [0.5, 0.6) is 0 Å². The summed E-state index contributed by atoms with van der Waals surface area (Å²) in [6, 6.07) is 7.56. The molecule has 0 heterocycles. The van der Waals surface area contributed by atoms with Gasteiger partial charge in [0.1, 0.15) is 0 Å². The molecule has 5 heteroatoms.